The molecule has 0 aromatic carbocycles. The van der Waals surface area contributed by atoms with Crippen molar-refractivity contribution in [1.82, 2.24) is 0 Å². The van der Waals surface area contributed by atoms with Gasteiger partial charge in [0.15, 0.2) is 0 Å². The summed E-state index contributed by atoms with van der Waals surface area (Å²) < 4.78 is 37.5. The standard InChI is InChI=1S/C13H23F3O/c1-3-9(4-2)12(17)10-5-7-11(8-6-10)13(14,15)16/h9-12,17H,3-8H2,1-2H3. The lowest BCUT2D eigenvalue weighted by atomic mass is 9.75. The topological polar surface area (TPSA) is 20.2 Å². The van der Waals surface area contributed by atoms with Crippen molar-refractivity contribution in [2.24, 2.45) is 17.8 Å². The zero-order chi connectivity index (χ0) is 13.1. The lowest BCUT2D eigenvalue weighted by Gasteiger charge is -2.35. The van der Waals surface area contributed by atoms with E-state index < -0.39 is 18.2 Å². The van der Waals surface area contributed by atoms with Crippen molar-refractivity contribution in [3.8, 4) is 0 Å². The van der Waals surface area contributed by atoms with Gasteiger partial charge in [0, 0.05) is 0 Å². The van der Waals surface area contributed by atoms with E-state index in [4.69, 9.17) is 0 Å². The molecule has 17 heavy (non-hydrogen) atoms. The van der Waals surface area contributed by atoms with Crippen LogP contribution in [0.2, 0.25) is 0 Å². The summed E-state index contributed by atoms with van der Waals surface area (Å²) in [6.45, 7) is 4.05. The Morgan fingerprint density at radius 3 is 1.88 bits per heavy atom. The van der Waals surface area contributed by atoms with E-state index in [1.165, 1.54) is 0 Å². The number of rotatable bonds is 4. The smallest absolute Gasteiger partial charge is 0.391 e. The minimum absolute atomic E-state index is 0.0681. The second-order valence-electron chi connectivity index (χ2n) is 5.22. The summed E-state index contributed by atoms with van der Waals surface area (Å²) >= 11 is 0. The van der Waals surface area contributed by atoms with Crippen molar-refractivity contribution >= 4 is 0 Å². The summed E-state index contributed by atoms with van der Waals surface area (Å²) in [6.07, 6.45) is -1.27. The van der Waals surface area contributed by atoms with E-state index in [9.17, 15) is 18.3 Å². The first-order valence-corrected chi connectivity index (χ1v) is 6.64. The van der Waals surface area contributed by atoms with E-state index in [0.29, 0.717) is 12.8 Å². The average molecular weight is 252 g/mol. The van der Waals surface area contributed by atoms with Crippen LogP contribution in [0.15, 0.2) is 0 Å². The minimum Gasteiger partial charge on any atom is -0.393 e. The summed E-state index contributed by atoms with van der Waals surface area (Å²) in [5.41, 5.74) is 0. The first-order valence-electron chi connectivity index (χ1n) is 6.64. The van der Waals surface area contributed by atoms with E-state index in [-0.39, 0.29) is 24.7 Å². The molecule has 1 aliphatic carbocycles. The van der Waals surface area contributed by atoms with Gasteiger partial charge in [0.25, 0.3) is 0 Å². The van der Waals surface area contributed by atoms with Gasteiger partial charge in [-0.15, -0.1) is 0 Å². The molecule has 1 fully saturated rings. The zero-order valence-corrected chi connectivity index (χ0v) is 10.6. The third kappa shape index (κ3) is 3.87. The molecular formula is C13H23F3O. The summed E-state index contributed by atoms with van der Waals surface area (Å²) in [5.74, 6) is -0.839. The molecule has 1 nitrogen and oxygen atoms in total. The Labute approximate surface area is 101 Å². The summed E-state index contributed by atoms with van der Waals surface area (Å²) in [5, 5.41) is 10.1. The number of hydrogen-bond acceptors (Lipinski definition) is 1. The Morgan fingerprint density at radius 1 is 1.06 bits per heavy atom. The highest BCUT2D eigenvalue weighted by Crippen LogP contribution is 2.41. The van der Waals surface area contributed by atoms with Gasteiger partial charge >= 0.3 is 6.18 Å². The Balaban J connectivity index is 2.46. The van der Waals surface area contributed by atoms with Crippen LogP contribution < -0.4 is 0 Å². The van der Waals surface area contributed by atoms with Crippen molar-refractivity contribution < 1.29 is 18.3 Å². The lowest BCUT2D eigenvalue weighted by Crippen LogP contribution is -2.35. The van der Waals surface area contributed by atoms with Crippen LogP contribution in [0.1, 0.15) is 52.4 Å². The van der Waals surface area contributed by atoms with Crippen molar-refractivity contribution in [3.05, 3.63) is 0 Å². The van der Waals surface area contributed by atoms with Gasteiger partial charge in [-0.2, -0.15) is 13.2 Å². The Morgan fingerprint density at radius 2 is 1.53 bits per heavy atom. The molecule has 0 aromatic heterocycles. The van der Waals surface area contributed by atoms with E-state index in [1.54, 1.807) is 0 Å². The van der Waals surface area contributed by atoms with Crippen LogP contribution in [0.5, 0.6) is 0 Å². The minimum atomic E-state index is -4.05. The maximum Gasteiger partial charge on any atom is 0.391 e. The van der Waals surface area contributed by atoms with Crippen LogP contribution in [0.25, 0.3) is 0 Å². The maximum absolute atomic E-state index is 12.5. The molecule has 0 spiro atoms. The number of hydrogen-bond donors (Lipinski definition) is 1. The quantitative estimate of drug-likeness (QED) is 0.796. The van der Waals surface area contributed by atoms with Crippen LogP contribution in [-0.4, -0.2) is 17.4 Å². The zero-order valence-electron chi connectivity index (χ0n) is 10.6. The van der Waals surface area contributed by atoms with Crippen LogP contribution in [-0.2, 0) is 0 Å². The van der Waals surface area contributed by atoms with Crippen molar-refractivity contribution in [2.45, 2.75) is 64.7 Å². The molecule has 0 heterocycles. The molecule has 1 N–H and O–H groups in total. The van der Waals surface area contributed by atoms with Crippen molar-refractivity contribution in [2.75, 3.05) is 0 Å². The average Bonchev–Trinajstić information content (AvgIpc) is 2.29. The Hall–Kier alpha value is -0.250. The number of aliphatic hydroxyl groups excluding tert-OH is 1. The van der Waals surface area contributed by atoms with Crippen LogP contribution in [0, 0.1) is 17.8 Å². The molecule has 1 saturated carbocycles. The number of alkyl halides is 3. The van der Waals surface area contributed by atoms with E-state index in [0.717, 1.165) is 12.8 Å². The van der Waals surface area contributed by atoms with Gasteiger partial charge in [-0.25, -0.2) is 0 Å². The summed E-state index contributed by atoms with van der Waals surface area (Å²) in [7, 11) is 0. The van der Waals surface area contributed by atoms with Gasteiger partial charge in [-0.05, 0) is 37.5 Å². The highest BCUT2D eigenvalue weighted by molar-refractivity contribution is 4.83. The van der Waals surface area contributed by atoms with Crippen molar-refractivity contribution in [3.63, 3.8) is 0 Å². The predicted molar refractivity (Wildman–Crippen MR) is 61.6 cm³/mol. The summed E-state index contributed by atoms with van der Waals surface area (Å²) in [6, 6.07) is 0. The molecular weight excluding hydrogens is 229 g/mol. The molecule has 0 saturated heterocycles. The second-order valence-corrected chi connectivity index (χ2v) is 5.22. The first kappa shape index (κ1) is 14.8. The van der Waals surface area contributed by atoms with Crippen LogP contribution in [0.4, 0.5) is 13.2 Å². The molecule has 4 heteroatoms. The van der Waals surface area contributed by atoms with Gasteiger partial charge < -0.3 is 5.11 Å². The first-order chi connectivity index (χ1) is 7.90. The van der Waals surface area contributed by atoms with Gasteiger partial charge in [0.1, 0.15) is 0 Å². The monoisotopic (exact) mass is 252 g/mol. The van der Waals surface area contributed by atoms with Gasteiger partial charge in [0.05, 0.1) is 12.0 Å². The molecule has 102 valence electrons. The highest BCUT2D eigenvalue weighted by Gasteiger charge is 2.42. The van der Waals surface area contributed by atoms with Gasteiger partial charge in [-0.3, -0.25) is 0 Å². The Bertz CT molecular complexity index is 215. The maximum atomic E-state index is 12.5. The fourth-order valence-corrected chi connectivity index (χ4v) is 2.94. The fourth-order valence-electron chi connectivity index (χ4n) is 2.94. The SMILES string of the molecule is CCC(CC)C(O)C1CCC(C(F)(F)F)CC1. The molecule has 1 unspecified atom stereocenters. The molecule has 0 radical (unpaired) electrons. The third-order valence-corrected chi connectivity index (χ3v) is 4.25. The van der Waals surface area contributed by atoms with E-state index in [1.807, 2.05) is 13.8 Å². The molecule has 0 aromatic rings. The molecule has 0 amide bonds. The largest absolute Gasteiger partial charge is 0.393 e. The van der Waals surface area contributed by atoms with E-state index in [2.05, 4.69) is 0 Å². The lowest BCUT2D eigenvalue weighted by molar-refractivity contribution is -0.186. The van der Waals surface area contributed by atoms with Crippen molar-refractivity contribution in [1.29, 1.82) is 0 Å². The molecule has 0 bridgehead atoms. The Kier molecular flexibility index (Phi) is 5.29. The number of aliphatic hydroxyl groups is 1. The molecule has 0 aliphatic heterocycles. The predicted octanol–water partition coefficient (Wildman–Crippen LogP) is 4.15. The highest BCUT2D eigenvalue weighted by atomic mass is 19.4. The van der Waals surface area contributed by atoms with Gasteiger partial charge in [-0.1, -0.05) is 26.7 Å². The third-order valence-electron chi connectivity index (χ3n) is 4.25. The van der Waals surface area contributed by atoms with Crippen LogP contribution in [0.3, 0.4) is 0 Å². The number of halogens is 3. The second kappa shape index (κ2) is 6.07. The molecule has 1 atom stereocenters. The van der Waals surface area contributed by atoms with E-state index >= 15 is 0 Å². The van der Waals surface area contributed by atoms with Crippen LogP contribution >= 0.6 is 0 Å². The fraction of sp³-hybridized carbons (Fsp3) is 1.00. The molecule has 1 aliphatic rings. The summed E-state index contributed by atoms with van der Waals surface area (Å²) in [4.78, 5) is 0. The normalized spacial score (nSPS) is 28.4. The van der Waals surface area contributed by atoms with Gasteiger partial charge in [0.2, 0.25) is 0 Å². The molecule has 1 rings (SSSR count).